The number of ether oxygens (including phenoxy) is 2. The summed E-state index contributed by atoms with van der Waals surface area (Å²) in [7, 11) is 5.34. The zero-order chi connectivity index (χ0) is 14.1. The molecule has 0 heterocycles. The van der Waals surface area contributed by atoms with Crippen LogP contribution in [0.25, 0.3) is 0 Å². The van der Waals surface area contributed by atoms with Crippen molar-refractivity contribution in [1.82, 2.24) is 5.32 Å². The first kappa shape index (κ1) is 16.2. The summed E-state index contributed by atoms with van der Waals surface area (Å²) < 4.78 is 10.3. The summed E-state index contributed by atoms with van der Waals surface area (Å²) in [6, 6.07) is 5.98. The predicted octanol–water partition coefficient (Wildman–Crippen LogP) is 2.16. The van der Waals surface area contributed by atoms with E-state index in [1.54, 1.807) is 14.2 Å². The number of hydrogen-bond donors (Lipinski definition) is 1. The number of nitrogens with zero attached hydrogens (tertiary/aromatic N) is 1. The van der Waals surface area contributed by atoms with Crippen molar-refractivity contribution in [3.05, 3.63) is 28.8 Å². The van der Waals surface area contributed by atoms with Crippen LogP contribution in [0.15, 0.2) is 18.2 Å². The van der Waals surface area contributed by atoms with Gasteiger partial charge in [0.15, 0.2) is 0 Å². The van der Waals surface area contributed by atoms with Crippen molar-refractivity contribution in [1.29, 1.82) is 0 Å². The van der Waals surface area contributed by atoms with Crippen molar-refractivity contribution in [3.63, 3.8) is 0 Å². The van der Waals surface area contributed by atoms with Crippen LogP contribution in [0.1, 0.15) is 5.56 Å². The molecule has 0 atom stereocenters. The second kappa shape index (κ2) is 9.15. The van der Waals surface area contributed by atoms with Crippen LogP contribution in [0.5, 0.6) is 0 Å². The molecule has 108 valence electrons. The van der Waals surface area contributed by atoms with Crippen LogP contribution in [0.4, 0.5) is 5.69 Å². The number of methoxy groups -OCH3 is 2. The van der Waals surface area contributed by atoms with Gasteiger partial charge in [-0.25, -0.2) is 0 Å². The van der Waals surface area contributed by atoms with Gasteiger partial charge < -0.3 is 19.7 Å². The van der Waals surface area contributed by atoms with E-state index in [0.717, 1.165) is 35.9 Å². The van der Waals surface area contributed by atoms with Crippen LogP contribution in [0.2, 0.25) is 5.02 Å². The second-order valence-electron chi connectivity index (χ2n) is 4.24. The van der Waals surface area contributed by atoms with E-state index < -0.39 is 0 Å². The molecular weight excluding hydrogens is 264 g/mol. The number of rotatable bonds is 9. The number of anilines is 1. The molecule has 0 aliphatic rings. The standard InChI is InChI=1S/C14H23ClN2O2/c1-16-11-12-13(15)5-4-6-14(12)17(7-9-18-2)8-10-19-3/h4-6,16H,7-11H2,1-3H3. The molecule has 0 aromatic heterocycles. The third-order valence-electron chi connectivity index (χ3n) is 2.92. The molecule has 1 aromatic rings. The minimum atomic E-state index is 0.676. The largest absolute Gasteiger partial charge is 0.383 e. The topological polar surface area (TPSA) is 33.7 Å². The number of nitrogens with one attached hydrogen (secondary N) is 1. The minimum Gasteiger partial charge on any atom is -0.383 e. The van der Waals surface area contributed by atoms with E-state index in [1.165, 1.54) is 0 Å². The average Bonchev–Trinajstić information content (AvgIpc) is 2.42. The zero-order valence-corrected chi connectivity index (χ0v) is 12.7. The molecule has 0 aliphatic heterocycles. The lowest BCUT2D eigenvalue weighted by atomic mass is 10.1. The molecule has 0 saturated heterocycles. The Morgan fingerprint density at radius 3 is 2.32 bits per heavy atom. The monoisotopic (exact) mass is 286 g/mol. The highest BCUT2D eigenvalue weighted by Crippen LogP contribution is 2.27. The van der Waals surface area contributed by atoms with E-state index in [2.05, 4.69) is 16.3 Å². The first-order chi connectivity index (χ1) is 9.24. The number of halogens is 1. The highest BCUT2D eigenvalue weighted by molar-refractivity contribution is 6.31. The smallest absolute Gasteiger partial charge is 0.0637 e. The normalized spacial score (nSPS) is 10.7. The molecule has 0 radical (unpaired) electrons. The molecule has 4 nitrogen and oxygen atoms in total. The van der Waals surface area contributed by atoms with Gasteiger partial charge in [0, 0.05) is 50.1 Å². The Balaban J connectivity index is 2.95. The summed E-state index contributed by atoms with van der Waals surface area (Å²) in [6.07, 6.45) is 0. The minimum absolute atomic E-state index is 0.676. The van der Waals surface area contributed by atoms with Crippen molar-refractivity contribution < 1.29 is 9.47 Å². The lowest BCUT2D eigenvalue weighted by Gasteiger charge is -2.27. The summed E-state index contributed by atoms with van der Waals surface area (Å²) in [4.78, 5) is 2.24. The molecule has 0 bridgehead atoms. The molecule has 1 rings (SSSR count). The molecule has 0 saturated carbocycles. The Kier molecular flexibility index (Phi) is 7.82. The van der Waals surface area contributed by atoms with Crippen molar-refractivity contribution >= 4 is 17.3 Å². The van der Waals surface area contributed by atoms with Crippen molar-refractivity contribution in [3.8, 4) is 0 Å². The first-order valence-electron chi connectivity index (χ1n) is 6.39. The molecule has 0 spiro atoms. The third-order valence-corrected chi connectivity index (χ3v) is 3.27. The van der Waals surface area contributed by atoms with Crippen LogP contribution < -0.4 is 10.2 Å². The summed E-state index contributed by atoms with van der Waals surface area (Å²) in [5.41, 5.74) is 2.25. The molecule has 1 aromatic carbocycles. The van der Waals surface area contributed by atoms with Crippen molar-refractivity contribution in [2.75, 3.05) is 52.5 Å². The zero-order valence-electron chi connectivity index (χ0n) is 11.9. The number of benzene rings is 1. The van der Waals surface area contributed by atoms with Crippen LogP contribution in [-0.4, -0.2) is 47.6 Å². The fourth-order valence-corrected chi connectivity index (χ4v) is 2.19. The molecule has 0 unspecified atom stereocenters. The van der Waals surface area contributed by atoms with Crippen LogP contribution in [-0.2, 0) is 16.0 Å². The SMILES string of the molecule is CNCc1c(Cl)cccc1N(CCOC)CCOC. The van der Waals surface area contributed by atoms with Crippen LogP contribution in [0.3, 0.4) is 0 Å². The van der Waals surface area contributed by atoms with Gasteiger partial charge in [-0.2, -0.15) is 0 Å². The van der Waals surface area contributed by atoms with Gasteiger partial charge in [-0.15, -0.1) is 0 Å². The van der Waals surface area contributed by atoms with Gasteiger partial charge in [-0.3, -0.25) is 0 Å². The maximum absolute atomic E-state index is 6.29. The van der Waals surface area contributed by atoms with Gasteiger partial charge in [0.1, 0.15) is 0 Å². The molecule has 0 fully saturated rings. The van der Waals surface area contributed by atoms with E-state index in [-0.39, 0.29) is 0 Å². The van der Waals surface area contributed by atoms with E-state index in [0.29, 0.717) is 13.2 Å². The predicted molar refractivity (Wildman–Crippen MR) is 80.2 cm³/mol. The molecule has 5 heteroatoms. The van der Waals surface area contributed by atoms with Gasteiger partial charge in [0.2, 0.25) is 0 Å². The third kappa shape index (κ3) is 4.99. The summed E-state index contributed by atoms with van der Waals surface area (Å²) in [6.45, 7) is 3.73. The molecule has 0 aliphatic carbocycles. The summed E-state index contributed by atoms with van der Waals surface area (Å²) in [5, 5.41) is 3.94. The summed E-state index contributed by atoms with van der Waals surface area (Å²) in [5.74, 6) is 0. The Labute approximate surface area is 120 Å². The Hall–Kier alpha value is -0.810. The molecule has 0 amide bonds. The van der Waals surface area contributed by atoms with Crippen molar-refractivity contribution in [2.45, 2.75) is 6.54 Å². The molecular formula is C14H23ClN2O2. The lowest BCUT2D eigenvalue weighted by Crippen LogP contribution is -2.32. The molecule has 19 heavy (non-hydrogen) atoms. The average molecular weight is 287 g/mol. The first-order valence-corrected chi connectivity index (χ1v) is 6.77. The highest BCUT2D eigenvalue weighted by Gasteiger charge is 2.13. The van der Waals surface area contributed by atoms with E-state index in [9.17, 15) is 0 Å². The molecule has 1 N–H and O–H groups in total. The maximum Gasteiger partial charge on any atom is 0.0637 e. The quantitative estimate of drug-likeness (QED) is 0.754. The fourth-order valence-electron chi connectivity index (χ4n) is 1.95. The van der Waals surface area contributed by atoms with Gasteiger partial charge in [-0.1, -0.05) is 17.7 Å². The van der Waals surface area contributed by atoms with Gasteiger partial charge >= 0.3 is 0 Å². The van der Waals surface area contributed by atoms with E-state index >= 15 is 0 Å². The van der Waals surface area contributed by atoms with E-state index in [1.807, 2.05) is 19.2 Å². The van der Waals surface area contributed by atoms with E-state index in [4.69, 9.17) is 21.1 Å². The Bertz CT molecular complexity index is 366. The number of hydrogen-bond acceptors (Lipinski definition) is 4. The fraction of sp³-hybridized carbons (Fsp3) is 0.571. The maximum atomic E-state index is 6.29. The summed E-state index contributed by atoms with van der Waals surface area (Å²) >= 11 is 6.29. The highest BCUT2D eigenvalue weighted by atomic mass is 35.5. The van der Waals surface area contributed by atoms with Crippen LogP contribution in [0, 0.1) is 0 Å². The van der Waals surface area contributed by atoms with Crippen LogP contribution >= 0.6 is 11.6 Å². The van der Waals surface area contributed by atoms with Gasteiger partial charge in [0.05, 0.1) is 13.2 Å². The second-order valence-corrected chi connectivity index (χ2v) is 4.65. The lowest BCUT2D eigenvalue weighted by molar-refractivity contribution is 0.190. The Morgan fingerprint density at radius 1 is 1.16 bits per heavy atom. The Morgan fingerprint density at radius 2 is 1.79 bits per heavy atom. The van der Waals surface area contributed by atoms with Crippen molar-refractivity contribution in [2.24, 2.45) is 0 Å². The van der Waals surface area contributed by atoms with Gasteiger partial charge in [0.25, 0.3) is 0 Å². The van der Waals surface area contributed by atoms with Gasteiger partial charge in [-0.05, 0) is 19.2 Å².